The molecule has 1 aliphatic heterocycles. The van der Waals surface area contributed by atoms with Crippen molar-refractivity contribution in [2.45, 2.75) is 38.4 Å². The minimum atomic E-state index is -1.00. The first-order valence-corrected chi connectivity index (χ1v) is 7.17. The maximum atomic E-state index is 12.1. The Morgan fingerprint density at radius 3 is 2.52 bits per heavy atom. The maximum Gasteiger partial charge on any atom is 0.410 e. The zero-order valence-corrected chi connectivity index (χ0v) is 12.9. The molecule has 0 bridgehead atoms. The van der Waals surface area contributed by atoms with Gasteiger partial charge in [0.2, 0.25) is 0 Å². The Kier molecular flexibility index (Phi) is 4.10. The molecule has 0 spiro atoms. The van der Waals surface area contributed by atoms with Crippen LogP contribution in [0.2, 0.25) is 0 Å². The van der Waals surface area contributed by atoms with Gasteiger partial charge in [-0.3, -0.25) is 0 Å². The number of nitrogens with zero attached hydrogens (tertiary/aromatic N) is 1. The molecule has 1 atom stereocenters. The second-order valence-corrected chi connectivity index (χ2v) is 6.51. The van der Waals surface area contributed by atoms with E-state index < -0.39 is 11.2 Å². The lowest BCUT2D eigenvalue weighted by Gasteiger charge is -2.26. The van der Waals surface area contributed by atoms with Crippen molar-refractivity contribution in [2.75, 3.05) is 13.1 Å². The smallest absolute Gasteiger partial charge is 0.410 e. The number of amides is 1. The normalized spacial score (nSPS) is 22.2. The number of aliphatic hydroxyl groups is 1. The number of hydrogen-bond acceptors (Lipinski definition) is 3. The predicted octanol–water partition coefficient (Wildman–Crippen LogP) is 3.16. The van der Waals surface area contributed by atoms with Gasteiger partial charge in [-0.05, 0) is 38.3 Å². The standard InChI is InChI=1S/C17H23NO3/c1-5-13-6-8-14(9-7-13)17(20)10-11-18(12-17)15(19)21-16(2,3)4/h5-9,20H,1,10-12H2,2-4H3. The van der Waals surface area contributed by atoms with Crippen molar-refractivity contribution < 1.29 is 14.6 Å². The van der Waals surface area contributed by atoms with Crippen LogP contribution in [-0.2, 0) is 10.3 Å². The second kappa shape index (κ2) is 5.53. The summed E-state index contributed by atoms with van der Waals surface area (Å²) in [6, 6.07) is 7.60. The molecule has 1 N–H and O–H groups in total. The van der Waals surface area contributed by atoms with E-state index in [9.17, 15) is 9.90 Å². The molecule has 1 unspecified atom stereocenters. The first-order valence-electron chi connectivity index (χ1n) is 7.17. The van der Waals surface area contributed by atoms with Gasteiger partial charge in [-0.15, -0.1) is 0 Å². The summed E-state index contributed by atoms with van der Waals surface area (Å²) < 4.78 is 5.35. The maximum absolute atomic E-state index is 12.1. The Balaban J connectivity index is 2.08. The average molecular weight is 289 g/mol. The SMILES string of the molecule is C=Cc1ccc(C2(O)CCN(C(=O)OC(C)(C)C)C2)cc1. The summed E-state index contributed by atoms with van der Waals surface area (Å²) in [5, 5.41) is 10.8. The van der Waals surface area contributed by atoms with Gasteiger partial charge in [0.25, 0.3) is 0 Å². The lowest BCUT2D eigenvalue weighted by molar-refractivity contribution is 0.0140. The molecule has 4 heteroatoms. The highest BCUT2D eigenvalue weighted by molar-refractivity contribution is 5.68. The zero-order chi connectivity index (χ0) is 15.7. The van der Waals surface area contributed by atoms with Crippen molar-refractivity contribution in [3.63, 3.8) is 0 Å². The molecule has 1 fully saturated rings. The number of hydrogen-bond donors (Lipinski definition) is 1. The molecule has 21 heavy (non-hydrogen) atoms. The molecule has 1 aromatic carbocycles. The molecule has 1 aliphatic rings. The van der Waals surface area contributed by atoms with E-state index in [-0.39, 0.29) is 12.6 Å². The van der Waals surface area contributed by atoms with Crippen LogP contribution in [0.3, 0.4) is 0 Å². The molecule has 0 radical (unpaired) electrons. The molecule has 1 amide bonds. The van der Waals surface area contributed by atoms with E-state index in [0.717, 1.165) is 11.1 Å². The first-order chi connectivity index (χ1) is 9.73. The molecular weight excluding hydrogens is 266 g/mol. The molecule has 1 saturated heterocycles. The fourth-order valence-electron chi connectivity index (χ4n) is 2.44. The fraction of sp³-hybridized carbons (Fsp3) is 0.471. The van der Waals surface area contributed by atoms with Gasteiger partial charge >= 0.3 is 6.09 Å². The van der Waals surface area contributed by atoms with Gasteiger partial charge in [-0.25, -0.2) is 4.79 Å². The number of rotatable bonds is 2. The minimum Gasteiger partial charge on any atom is -0.444 e. The highest BCUT2D eigenvalue weighted by Gasteiger charge is 2.40. The van der Waals surface area contributed by atoms with E-state index >= 15 is 0 Å². The third-order valence-corrected chi connectivity index (χ3v) is 3.58. The monoisotopic (exact) mass is 289 g/mol. The van der Waals surface area contributed by atoms with Gasteiger partial charge in [0, 0.05) is 6.54 Å². The summed E-state index contributed by atoms with van der Waals surface area (Å²) in [5.74, 6) is 0. The summed E-state index contributed by atoms with van der Waals surface area (Å²) in [4.78, 5) is 13.6. The number of ether oxygens (including phenoxy) is 1. The highest BCUT2D eigenvalue weighted by atomic mass is 16.6. The highest BCUT2D eigenvalue weighted by Crippen LogP contribution is 2.32. The van der Waals surface area contributed by atoms with Gasteiger partial charge in [0.15, 0.2) is 0 Å². The van der Waals surface area contributed by atoms with Crippen molar-refractivity contribution in [1.82, 2.24) is 4.90 Å². The second-order valence-electron chi connectivity index (χ2n) is 6.51. The quantitative estimate of drug-likeness (QED) is 0.910. The van der Waals surface area contributed by atoms with Crippen molar-refractivity contribution in [1.29, 1.82) is 0 Å². The molecule has 0 saturated carbocycles. The third-order valence-electron chi connectivity index (χ3n) is 3.58. The molecule has 1 aromatic rings. The first kappa shape index (κ1) is 15.6. The molecule has 0 aromatic heterocycles. The van der Waals surface area contributed by atoms with Crippen LogP contribution in [-0.4, -0.2) is 34.8 Å². The molecular formula is C17H23NO3. The lowest BCUT2D eigenvalue weighted by atomic mass is 9.92. The fourth-order valence-corrected chi connectivity index (χ4v) is 2.44. The van der Waals surface area contributed by atoms with E-state index in [2.05, 4.69) is 6.58 Å². The van der Waals surface area contributed by atoms with Gasteiger partial charge < -0.3 is 14.7 Å². The Hall–Kier alpha value is -1.81. The van der Waals surface area contributed by atoms with E-state index in [4.69, 9.17) is 4.74 Å². The van der Waals surface area contributed by atoms with Crippen LogP contribution in [0.5, 0.6) is 0 Å². The molecule has 2 rings (SSSR count). The number of benzene rings is 1. The summed E-state index contributed by atoms with van der Waals surface area (Å²) in [6.45, 7) is 9.97. The summed E-state index contributed by atoms with van der Waals surface area (Å²) in [7, 11) is 0. The van der Waals surface area contributed by atoms with Crippen LogP contribution in [0.4, 0.5) is 4.79 Å². The molecule has 1 heterocycles. The van der Waals surface area contributed by atoms with Crippen molar-refractivity contribution in [3.05, 3.63) is 42.0 Å². The van der Waals surface area contributed by atoms with Crippen molar-refractivity contribution >= 4 is 12.2 Å². The van der Waals surface area contributed by atoms with Crippen LogP contribution < -0.4 is 0 Å². The molecule has 4 nitrogen and oxygen atoms in total. The zero-order valence-electron chi connectivity index (χ0n) is 12.9. The van der Waals surface area contributed by atoms with Gasteiger partial charge in [-0.2, -0.15) is 0 Å². The largest absolute Gasteiger partial charge is 0.444 e. The van der Waals surface area contributed by atoms with E-state index in [1.807, 2.05) is 45.0 Å². The van der Waals surface area contributed by atoms with E-state index in [1.54, 1.807) is 11.0 Å². The Morgan fingerprint density at radius 1 is 1.38 bits per heavy atom. The van der Waals surface area contributed by atoms with E-state index in [0.29, 0.717) is 13.0 Å². The van der Waals surface area contributed by atoms with Crippen LogP contribution >= 0.6 is 0 Å². The lowest BCUT2D eigenvalue weighted by Crippen LogP contribution is -2.38. The number of β-amino-alcohol motifs (C(OH)–C–C–N with tert-alkyl or cyclic N) is 1. The third kappa shape index (κ3) is 3.64. The Bertz CT molecular complexity index is 530. The van der Waals surface area contributed by atoms with Crippen LogP contribution in [0.25, 0.3) is 6.08 Å². The minimum absolute atomic E-state index is 0.259. The average Bonchev–Trinajstić information content (AvgIpc) is 2.81. The molecule has 0 aliphatic carbocycles. The summed E-state index contributed by atoms with van der Waals surface area (Å²) in [5.41, 5.74) is 0.295. The van der Waals surface area contributed by atoms with Crippen LogP contribution in [0, 0.1) is 0 Å². The number of carbonyl (C=O) groups is 1. The van der Waals surface area contributed by atoms with Gasteiger partial charge in [-0.1, -0.05) is 36.9 Å². The predicted molar refractivity (Wildman–Crippen MR) is 82.9 cm³/mol. The van der Waals surface area contributed by atoms with E-state index in [1.165, 1.54) is 0 Å². The Morgan fingerprint density at radius 2 is 2.00 bits per heavy atom. The van der Waals surface area contributed by atoms with Crippen LogP contribution in [0.1, 0.15) is 38.3 Å². The van der Waals surface area contributed by atoms with Crippen molar-refractivity contribution in [2.24, 2.45) is 0 Å². The summed E-state index contributed by atoms with van der Waals surface area (Å²) >= 11 is 0. The Labute approximate surface area is 126 Å². The summed E-state index contributed by atoms with van der Waals surface area (Å²) in [6.07, 6.45) is 1.90. The van der Waals surface area contributed by atoms with Gasteiger partial charge in [0.05, 0.1) is 6.54 Å². The van der Waals surface area contributed by atoms with Gasteiger partial charge in [0.1, 0.15) is 11.2 Å². The number of carbonyl (C=O) groups excluding carboxylic acids is 1. The topological polar surface area (TPSA) is 49.8 Å². The van der Waals surface area contributed by atoms with Crippen LogP contribution in [0.15, 0.2) is 30.8 Å². The number of likely N-dealkylation sites (tertiary alicyclic amines) is 1. The van der Waals surface area contributed by atoms with Crippen molar-refractivity contribution in [3.8, 4) is 0 Å². The molecule has 114 valence electrons.